The Morgan fingerprint density at radius 3 is 2.59 bits per heavy atom. The molecule has 27 heavy (non-hydrogen) atoms. The molecule has 0 unspecified atom stereocenters. The largest absolute Gasteiger partial charge is 0.465 e. The highest BCUT2D eigenvalue weighted by Gasteiger charge is 2.35. The SMILES string of the molecule is CCc1cccc(N2C[C@@H](C(=O)Nc3ccc(C(=O)OC)cc3)CC2=O)c1. The van der Waals surface area contributed by atoms with Crippen molar-refractivity contribution in [3.63, 3.8) is 0 Å². The van der Waals surface area contributed by atoms with Crippen molar-refractivity contribution in [3.05, 3.63) is 59.7 Å². The van der Waals surface area contributed by atoms with Gasteiger partial charge < -0.3 is 15.0 Å². The summed E-state index contributed by atoms with van der Waals surface area (Å²) in [5.41, 5.74) is 2.97. The molecule has 0 aromatic heterocycles. The number of hydrogen-bond donors (Lipinski definition) is 1. The lowest BCUT2D eigenvalue weighted by molar-refractivity contribution is -0.122. The van der Waals surface area contributed by atoms with E-state index in [1.54, 1.807) is 29.2 Å². The van der Waals surface area contributed by atoms with Crippen LogP contribution in [0, 0.1) is 5.92 Å². The molecule has 0 saturated carbocycles. The van der Waals surface area contributed by atoms with Crippen LogP contribution in [-0.4, -0.2) is 31.4 Å². The predicted octanol–water partition coefficient (Wildman–Crippen LogP) is 3.03. The third kappa shape index (κ3) is 4.16. The molecule has 1 aliphatic heterocycles. The van der Waals surface area contributed by atoms with Crippen molar-refractivity contribution in [3.8, 4) is 0 Å². The number of anilines is 2. The molecule has 1 fully saturated rings. The van der Waals surface area contributed by atoms with E-state index in [1.165, 1.54) is 7.11 Å². The van der Waals surface area contributed by atoms with Gasteiger partial charge in [-0.25, -0.2) is 4.79 Å². The third-order valence-corrected chi connectivity index (χ3v) is 4.70. The highest BCUT2D eigenvalue weighted by molar-refractivity contribution is 6.03. The molecule has 140 valence electrons. The maximum atomic E-state index is 12.6. The Labute approximate surface area is 158 Å². The van der Waals surface area contributed by atoms with Crippen LogP contribution >= 0.6 is 0 Å². The molecule has 6 heteroatoms. The van der Waals surface area contributed by atoms with Crippen LogP contribution in [0.15, 0.2) is 48.5 Å². The number of rotatable bonds is 5. The molecule has 2 amide bonds. The summed E-state index contributed by atoms with van der Waals surface area (Å²) in [5, 5.41) is 2.81. The van der Waals surface area contributed by atoms with Gasteiger partial charge in [0, 0.05) is 24.3 Å². The Balaban J connectivity index is 1.66. The summed E-state index contributed by atoms with van der Waals surface area (Å²) in [4.78, 5) is 38.1. The number of methoxy groups -OCH3 is 1. The summed E-state index contributed by atoms with van der Waals surface area (Å²) in [7, 11) is 1.32. The van der Waals surface area contributed by atoms with E-state index in [0.29, 0.717) is 17.8 Å². The van der Waals surface area contributed by atoms with Crippen LogP contribution < -0.4 is 10.2 Å². The summed E-state index contributed by atoms with van der Waals surface area (Å²) in [6.07, 6.45) is 1.07. The van der Waals surface area contributed by atoms with Crippen molar-refractivity contribution in [2.75, 3.05) is 23.9 Å². The van der Waals surface area contributed by atoms with Gasteiger partial charge in [-0.15, -0.1) is 0 Å². The summed E-state index contributed by atoms with van der Waals surface area (Å²) in [6.45, 7) is 2.42. The van der Waals surface area contributed by atoms with E-state index in [2.05, 4.69) is 17.0 Å². The van der Waals surface area contributed by atoms with Gasteiger partial charge in [-0.05, 0) is 48.4 Å². The second kappa shape index (κ2) is 8.03. The van der Waals surface area contributed by atoms with E-state index >= 15 is 0 Å². The van der Waals surface area contributed by atoms with Gasteiger partial charge in [0.05, 0.1) is 18.6 Å². The smallest absolute Gasteiger partial charge is 0.337 e. The summed E-state index contributed by atoms with van der Waals surface area (Å²) >= 11 is 0. The van der Waals surface area contributed by atoms with Crippen molar-refractivity contribution in [2.24, 2.45) is 5.92 Å². The first-order valence-electron chi connectivity index (χ1n) is 8.90. The summed E-state index contributed by atoms with van der Waals surface area (Å²) in [5.74, 6) is -1.10. The second-order valence-corrected chi connectivity index (χ2v) is 6.49. The minimum Gasteiger partial charge on any atom is -0.465 e. The van der Waals surface area contributed by atoms with E-state index in [-0.39, 0.29) is 18.2 Å². The van der Waals surface area contributed by atoms with E-state index in [4.69, 9.17) is 0 Å². The monoisotopic (exact) mass is 366 g/mol. The highest BCUT2D eigenvalue weighted by atomic mass is 16.5. The van der Waals surface area contributed by atoms with Gasteiger partial charge in [0.2, 0.25) is 11.8 Å². The zero-order valence-electron chi connectivity index (χ0n) is 15.4. The normalized spacial score (nSPS) is 16.3. The molecular weight excluding hydrogens is 344 g/mol. The quantitative estimate of drug-likeness (QED) is 0.826. The number of carbonyl (C=O) groups excluding carboxylic acids is 3. The van der Waals surface area contributed by atoms with E-state index < -0.39 is 11.9 Å². The lowest BCUT2D eigenvalue weighted by atomic mass is 10.1. The molecule has 1 saturated heterocycles. The summed E-state index contributed by atoms with van der Waals surface area (Å²) < 4.78 is 4.65. The fraction of sp³-hybridized carbons (Fsp3) is 0.286. The average Bonchev–Trinajstić information content (AvgIpc) is 3.10. The molecule has 1 N–H and O–H groups in total. The van der Waals surface area contributed by atoms with Gasteiger partial charge in [0.15, 0.2) is 0 Å². The van der Waals surface area contributed by atoms with Crippen LogP contribution in [0.4, 0.5) is 11.4 Å². The number of amides is 2. The zero-order valence-corrected chi connectivity index (χ0v) is 15.4. The lowest BCUT2D eigenvalue weighted by Gasteiger charge is -2.17. The number of nitrogens with one attached hydrogen (secondary N) is 1. The topological polar surface area (TPSA) is 75.7 Å². The van der Waals surface area contributed by atoms with Crippen LogP contribution in [0.1, 0.15) is 29.3 Å². The van der Waals surface area contributed by atoms with Gasteiger partial charge in [0.25, 0.3) is 0 Å². The molecule has 1 atom stereocenters. The van der Waals surface area contributed by atoms with Crippen LogP contribution in [0.5, 0.6) is 0 Å². The molecule has 2 aromatic carbocycles. The number of benzene rings is 2. The Morgan fingerprint density at radius 2 is 1.93 bits per heavy atom. The Bertz CT molecular complexity index is 861. The number of aryl methyl sites for hydroxylation is 1. The number of ether oxygens (including phenoxy) is 1. The Hall–Kier alpha value is -3.15. The molecule has 0 radical (unpaired) electrons. The maximum Gasteiger partial charge on any atom is 0.337 e. The van der Waals surface area contributed by atoms with E-state index in [1.807, 2.05) is 24.3 Å². The molecule has 0 spiro atoms. The summed E-state index contributed by atoms with van der Waals surface area (Å²) in [6, 6.07) is 14.3. The number of hydrogen-bond acceptors (Lipinski definition) is 4. The van der Waals surface area contributed by atoms with Crippen molar-refractivity contribution >= 4 is 29.2 Å². The van der Waals surface area contributed by atoms with Crippen LogP contribution in [0.25, 0.3) is 0 Å². The van der Waals surface area contributed by atoms with Gasteiger partial charge in [-0.2, -0.15) is 0 Å². The number of nitrogens with zero attached hydrogens (tertiary/aromatic N) is 1. The fourth-order valence-corrected chi connectivity index (χ4v) is 3.13. The molecular formula is C21H22N2O4. The lowest BCUT2D eigenvalue weighted by Crippen LogP contribution is -2.28. The van der Waals surface area contributed by atoms with Crippen molar-refractivity contribution in [1.29, 1.82) is 0 Å². The first-order valence-corrected chi connectivity index (χ1v) is 8.90. The van der Waals surface area contributed by atoms with Gasteiger partial charge in [-0.1, -0.05) is 19.1 Å². The van der Waals surface area contributed by atoms with E-state index in [9.17, 15) is 14.4 Å². The first-order chi connectivity index (χ1) is 13.0. The highest BCUT2D eigenvalue weighted by Crippen LogP contribution is 2.27. The van der Waals surface area contributed by atoms with Gasteiger partial charge in [-0.3, -0.25) is 9.59 Å². The van der Waals surface area contributed by atoms with Crippen molar-refractivity contribution < 1.29 is 19.1 Å². The number of carbonyl (C=O) groups is 3. The Morgan fingerprint density at radius 1 is 1.19 bits per heavy atom. The minimum atomic E-state index is -0.431. The fourth-order valence-electron chi connectivity index (χ4n) is 3.13. The zero-order chi connectivity index (χ0) is 19.4. The molecule has 1 heterocycles. The van der Waals surface area contributed by atoms with Crippen LogP contribution in [-0.2, 0) is 20.7 Å². The van der Waals surface area contributed by atoms with Crippen LogP contribution in [0.2, 0.25) is 0 Å². The number of esters is 1. The molecule has 1 aliphatic rings. The molecule has 6 nitrogen and oxygen atoms in total. The molecule has 0 aliphatic carbocycles. The predicted molar refractivity (Wildman–Crippen MR) is 103 cm³/mol. The van der Waals surface area contributed by atoms with Gasteiger partial charge >= 0.3 is 5.97 Å². The minimum absolute atomic E-state index is 0.0514. The average molecular weight is 366 g/mol. The first kappa shape index (κ1) is 18.6. The second-order valence-electron chi connectivity index (χ2n) is 6.49. The third-order valence-electron chi connectivity index (χ3n) is 4.70. The molecule has 3 rings (SSSR count). The molecule has 0 bridgehead atoms. The van der Waals surface area contributed by atoms with Crippen molar-refractivity contribution in [2.45, 2.75) is 19.8 Å². The Kier molecular flexibility index (Phi) is 5.54. The van der Waals surface area contributed by atoms with E-state index in [0.717, 1.165) is 17.7 Å². The van der Waals surface area contributed by atoms with Crippen LogP contribution in [0.3, 0.4) is 0 Å². The van der Waals surface area contributed by atoms with Crippen molar-refractivity contribution in [1.82, 2.24) is 0 Å². The standard InChI is InChI=1S/C21H22N2O4/c1-3-14-5-4-6-18(11-14)23-13-16(12-19(23)24)20(25)22-17-9-7-15(8-10-17)21(26)27-2/h4-11,16H,3,12-13H2,1-2H3,(H,22,25)/t16-/m0/s1. The van der Waals surface area contributed by atoms with Gasteiger partial charge in [0.1, 0.15) is 0 Å². The molecule has 2 aromatic rings. The maximum absolute atomic E-state index is 12.6.